The minimum Gasteiger partial charge on any atom is -0.483 e. The van der Waals surface area contributed by atoms with Gasteiger partial charge in [0, 0.05) is 12.1 Å². The number of nitrogen functional groups attached to an aromatic ring is 1. The third kappa shape index (κ3) is 5.85. The Kier molecular flexibility index (Phi) is 5.17. The van der Waals surface area contributed by atoms with E-state index in [1.54, 1.807) is 0 Å². The van der Waals surface area contributed by atoms with Crippen LogP contribution in [0.25, 0.3) is 0 Å². The molecule has 0 saturated heterocycles. The molecule has 1 rings (SSSR count). The maximum atomic E-state index is 12.1. The highest BCUT2D eigenvalue weighted by molar-refractivity contribution is 5.69. The van der Waals surface area contributed by atoms with Gasteiger partial charge in [0.25, 0.3) is 0 Å². The van der Waals surface area contributed by atoms with Crippen LogP contribution in [-0.2, 0) is 4.74 Å². The molecule has 0 aliphatic heterocycles. The Bertz CT molecular complexity index is 556. The number of nitrogens with two attached hydrogens (primary N) is 3. The van der Waals surface area contributed by atoms with Gasteiger partial charge in [-0.25, -0.2) is 0 Å². The number of nitrogens with one attached hydrogen (secondary N) is 1. The van der Waals surface area contributed by atoms with Crippen LogP contribution in [0.5, 0.6) is 5.75 Å². The molecule has 0 aliphatic carbocycles. The summed E-state index contributed by atoms with van der Waals surface area (Å²) in [4.78, 5) is 0. The van der Waals surface area contributed by atoms with Crippen molar-refractivity contribution in [3.05, 3.63) is 42.1 Å². The minimum absolute atomic E-state index is 0.0387. The molecule has 0 heterocycles. The number of hydrogen-bond acceptors (Lipinski definition) is 6. The summed E-state index contributed by atoms with van der Waals surface area (Å²) in [6.45, 7) is 0. The molecule has 0 radical (unpaired) electrons. The Morgan fingerprint density at radius 2 is 1.90 bits per heavy atom. The van der Waals surface area contributed by atoms with E-state index in [-0.39, 0.29) is 17.4 Å². The van der Waals surface area contributed by atoms with Crippen LogP contribution in [0.4, 0.5) is 24.5 Å². The minimum atomic E-state index is -4.78. The molecule has 7 N–H and O–H groups in total. The second kappa shape index (κ2) is 6.64. The molecule has 0 amide bonds. The van der Waals surface area contributed by atoms with Crippen LogP contribution in [-0.4, -0.2) is 13.5 Å². The SMILES string of the molecule is CO/C(N)=C/C=C(\N)Nc1ccc(OC(F)(F)F)cc1N. The molecule has 0 bridgehead atoms. The number of methoxy groups -OCH3 is 1. The van der Waals surface area contributed by atoms with Crippen LogP contribution in [0.3, 0.4) is 0 Å². The molecular weight excluding hydrogens is 289 g/mol. The van der Waals surface area contributed by atoms with E-state index in [4.69, 9.17) is 21.9 Å². The Morgan fingerprint density at radius 3 is 2.43 bits per heavy atom. The number of benzene rings is 1. The van der Waals surface area contributed by atoms with Crippen molar-refractivity contribution in [2.75, 3.05) is 18.2 Å². The molecule has 6 nitrogen and oxygen atoms in total. The second-order valence-corrected chi connectivity index (χ2v) is 3.82. The Balaban J connectivity index is 2.82. The fourth-order valence-corrected chi connectivity index (χ4v) is 1.29. The smallest absolute Gasteiger partial charge is 0.483 e. The van der Waals surface area contributed by atoms with Crippen molar-refractivity contribution >= 4 is 11.4 Å². The molecule has 1 aromatic carbocycles. The zero-order valence-electron chi connectivity index (χ0n) is 11.1. The van der Waals surface area contributed by atoms with E-state index in [0.717, 1.165) is 12.1 Å². The first-order valence-electron chi connectivity index (χ1n) is 5.60. The summed E-state index contributed by atoms with van der Waals surface area (Å²) in [7, 11) is 1.39. The molecule has 0 aliphatic rings. The summed E-state index contributed by atoms with van der Waals surface area (Å²) in [5, 5.41) is 2.70. The van der Waals surface area contributed by atoms with Gasteiger partial charge in [0.1, 0.15) is 11.6 Å². The van der Waals surface area contributed by atoms with Gasteiger partial charge in [-0.3, -0.25) is 0 Å². The average Bonchev–Trinajstić information content (AvgIpc) is 2.37. The number of anilines is 2. The van der Waals surface area contributed by atoms with Crippen LogP contribution >= 0.6 is 0 Å². The lowest BCUT2D eigenvalue weighted by molar-refractivity contribution is -0.274. The maximum Gasteiger partial charge on any atom is 0.573 e. The molecule has 116 valence electrons. The summed E-state index contributed by atoms with van der Waals surface area (Å²) >= 11 is 0. The maximum absolute atomic E-state index is 12.1. The Labute approximate surface area is 119 Å². The largest absolute Gasteiger partial charge is 0.573 e. The first-order valence-corrected chi connectivity index (χ1v) is 5.60. The summed E-state index contributed by atoms with van der Waals surface area (Å²) in [5.74, 6) is -0.107. The lowest BCUT2D eigenvalue weighted by Crippen LogP contribution is -2.17. The first-order chi connectivity index (χ1) is 9.71. The Morgan fingerprint density at radius 1 is 1.24 bits per heavy atom. The predicted octanol–water partition coefficient (Wildman–Crippen LogP) is 1.83. The molecule has 0 spiro atoms. The highest BCUT2D eigenvalue weighted by atomic mass is 19.4. The summed E-state index contributed by atoms with van der Waals surface area (Å²) in [6.07, 6.45) is -1.96. The fraction of sp³-hybridized carbons (Fsp3) is 0.167. The van der Waals surface area contributed by atoms with E-state index in [9.17, 15) is 13.2 Å². The van der Waals surface area contributed by atoms with E-state index in [2.05, 4.69) is 10.1 Å². The van der Waals surface area contributed by atoms with Crippen LogP contribution in [0.15, 0.2) is 42.1 Å². The third-order valence-electron chi connectivity index (χ3n) is 2.20. The highest BCUT2D eigenvalue weighted by Crippen LogP contribution is 2.28. The topological polar surface area (TPSA) is 109 Å². The van der Waals surface area contributed by atoms with Gasteiger partial charge < -0.3 is 32.0 Å². The zero-order valence-corrected chi connectivity index (χ0v) is 11.1. The van der Waals surface area contributed by atoms with Gasteiger partial charge in [0.15, 0.2) is 5.88 Å². The monoisotopic (exact) mass is 304 g/mol. The molecule has 0 atom stereocenters. The van der Waals surface area contributed by atoms with Crippen LogP contribution in [0.1, 0.15) is 0 Å². The molecule has 0 saturated carbocycles. The van der Waals surface area contributed by atoms with Crippen LogP contribution < -0.4 is 27.3 Å². The van der Waals surface area contributed by atoms with Gasteiger partial charge in [-0.05, 0) is 18.2 Å². The van der Waals surface area contributed by atoms with Gasteiger partial charge >= 0.3 is 6.36 Å². The number of rotatable bonds is 5. The van der Waals surface area contributed by atoms with Crippen molar-refractivity contribution in [1.29, 1.82) is 0 Å². The summed E-state index contributed by atoms with van der Waals surface area (Å²) in [6, 6.07) is 3.45. The van der Waals surface area contributed by atoms with Crippen molar-refractivity contribution < 1.29 is 22.6 Å². The summed E-state index contributed by atoms with van der Waals surface area (Å²) < 4.78 is 44.6. The number of alkyl halides is 3. The van der Waals surface area contributed by atoms with Gasteiger partial charge in [-0.15, -0.1) is 13.2 Å². The quantitative estimate of drug-likeness (QED) is 0.375. The number of halogens is 3. The summed E-state index contributed by atoms with van der Waals surface area (Å²) in [5.41, 5.74) is 17.0. The van der Waals surface area contributed by atoms with Crippen molar-refractivity contribution in [2.45, 2.75) is 6.36 Å². The molecule has 0 aromatic heterocycles. The Hall–Kier alpha value is -2.71. The van der Waals surface area contributed by atoms with Crippen molar-refractivity contribution in [1.82, 2.24) is 0 Å². The molecule has 0 unspecified atom stereocenters. The van der Waals surface area contributed by atoms with Crippen LogP contribution in [0, 0.1) is 0 Å². The predicted molar refractivity (Wildman–Crippen MR) is 72.7 cm³/mol. The lowest BCUT2D eigenvalue weighted by atomic mass is 10.2. The molecule has 1 aromatic rings. The third-order valence-corrected chi connectivity index (χ3v) is 2.20. The number of ether oxygens (including phenoxy) is 2. The standard InChI is InChI=1S/C12H15F3N4O2/c1-20-11(18)5-4-10(17)19-9-3-2-7(6-8(9)16)21-12(13,14)15/h2-6,19H,16-18H2,1H3/b10-4+,11-5+. The first kappa shape index (κ1) is 16.3. The van der Waals surface area contributed by atoms with E-state index < -0.39 is 12.1 Å². The van der Waals surface area contributed by atoms with Gasteiger partial charge in [0.2, 0.25) is 0 Å². The molecule has 0 fully saturated rings. The van der Waals surface area contributed by atoms with Gasteiger partial charge in [-0.2, -0.15) is 0 Å². The normalized spacial score (nSPS) is 13.0. The second-order valence-electron chi connectivity index (χ2n) is 3.82. The molecule has 21 heavy (non-hydrogen) atoms. The van der Waals surface area contributed by atoms with Crippen molar-refractivity contribution in [3.63, 3.8) is 0 Å². The van der Waals surface area contributed by atoms with Crippen molar-refractivity contribution in [2.24, 2.45) is 11.5 Å². The highest BCUT2D eigenvalue weighted by Gasteiger charge is 2.31. The van der Waals surface area contributed by atoms with E-state index in [1.165, 1.54) is 25.3 Å². The number of hydrogen-bond donors (Lipinski definition) is 4. The average molecular weight is 304 g/mol. The fourth-order valence-electron chi connectivity index (χ4n) is 1.29. The van der Waals surface area contributed by atoms with Crippen LogP contribution in [0.2, 0.25) is 0 Å². The van der Waals surface area contributed by atoms with Gasteiger partial charge in [0.05, 0.1) is 18.5 Å². The van der Waals surface area contributed by atoms with E-state index in [0.29, 0.717) is 5.69 Å². The molecular formula is C12H15F3N4O2. The number of allylic oxidation sites excluding steroid dienone is 2. The van der Waals surface area contributed by atoms with E-state index in [1.807, 2.05) is 0 Å². The molecule has 9 heteroatoms. The van der Waals surface area contributed by atoms with E-state index >= 15 is 0 Å². The lowest BCUT2D eigenvalue weighted by Gasteiger charge is -2.12. The zero-order chi connectivity index (χ0) is 16.0. The van der Waals surface area contributed by atoms with Gasteiger partial charge in [-0.1, -0.05) is 0 Å². The van der Waals surface area contributed by atoms with Crippen molar-refractivity contribution in [3.8, 4) is 5.75 Å².